The Labute approximate surface area is 124 Å². The fourth-order valence-corrected chi connectivity index (χ4v) is 3.20. The first-order valence-corrected chi connectivity index (χ1v) is 7.63. The van der Waals surface area contributed by atoms with Crippen LogP contribution in [0.3, 0.4) is 0 Å². The van der Waals surface area contributed by atoms with E-state index in [0.29, 0.717) is 14.8 Å². The van der Waals surface area contributed by atoms with Crippen molar-refractivity contribution in [2.45, 2.75) is 17.9 Å². The molecule has 0 saturated carbocycles. The molecule has 0 N–H and O–H groups in total. The molecule has 102 valence electrons. The third-order valence-corrected chi connectivity index (χ3v) is 4.55. The minimum absolute atomic E-state index is 0.0725. The van der Waals surface area contributed by atoms with Gasteiger partial charge in [-0.15, -0.1) is 11.3 Å². The summed E-state index contributed by atoms with van der Waals surface area (Å²) in [6.07, 6.45) is 1.37. The smallest absolute Gasteiger partial charge is 0.251 e. The molecule has 0 spiro atoms. The van der Waals surface area contributed by atoms with Gasteiger partial charge in [0.25, 0.3) is 5.03 Å². The van der Waals surface area contributed by atoms with E-state index >= 15 is 0 Å². The number of ketones is 1. The van der Waals surface area contributed by atoms with E-state index in [1.54, 1.807) is 18.2 Å². The summed E-state index contributed by atoms with van der Waals surface area (Å²) in [6.45, 7) is 1.82. The van der Waals surface area contributed by atoms with Crippen molar-refractivity contribution in [3.05, 3.63) is 45.7 Å². The van der Waals surface area contributed by atoms with Crippen LogP contribution in [0.25, 0.3) is 0 Å². The van der Waals surface area contributed by atoms with Crippen molar-refractivity contribution in [1.29, 1.82) is 5.26 Å². The maximum Gasteiger partial charge on any atom is 0.251 e. The molecule has 2 aromatic rings. The van der Waals surface area contributed by atoms with E-state index in [2.05, 4.69) is 4.98 Å². The lowest BCUT2D eigenvalue weighted by Crippen LogP contribution is -2.28. The first-order chi connectivity index (χ1) is 9.61. The first-order valence-electron chi connectivity index (χ1n) is 5.77. The molecule has 0 bridgehead atoms. The van der Waals surface area contributed by atoms with Crippen molar-refractivity contribution in [3.8, 4) is 6.07 Å². The highest BCUT2D eigenvalue weighted by Gasteiger charge is 2.24. The fraction of sp³-hybridized carbons (Fsp3) is 0.231. The predicted molar refractivity (Wildman–Crippen MR) is 76.3 cm³/mol. The van der Waals surface area contributed by atoms with Gasteiger partial charge >= 0.3 is 0 Å². The molecule has 20 heavy (non-hydrogen) atoms. The number of nitriles is 1. The number of pyridine rings is 1. The standard InChI is InChI=1S/C13H11N3O2S2/c1-9-7-20-13(15-9)10(6-14)11(17)8-19-12-4-2-3-5-16(12)18/h2-5,7,10H,8H2,1H3/t10-/m1/s1. The summed E-state index contributed by atoms with van der Waals surface area (Å²) < 4.78 is 0.701. The lowest BCUT2D eigenvalue weighted by molar-refractivity contribution is -0.645. The van der Waals surface area contributed by atoms with Crippen LogP contribution in [-0.4, -0.2) is 16.5 Å². The summed E-state index contributed by atoms with van der Waals surface area (Å²) in [7, 11) is 0. The van der Waals surface area contributed by atoms with Crippen molar-refractivity contribution in [2.75, 3.05) is 5.75 Å². The molecule has 0 aliphatic heterocycles. The number of aryl methyl sites for hydroxylation is 1. The molecule has 0 aliphatic rings. The molecule has 0 aromatic carbocycles. The zero-order valence-electron chi connectivity index (χ0n) is 10.6. The highest BCUT2D eigenvalue weighted by molar-refractivity contribution is 7.99. The molecule has 5 nitrogen and oxygen atoms in total. The van der Waals surface area contributed by atoms with Gasteiger partial charge in [0.05, 0.1) is 11.8 Å². The highest BCUT2D eigenvalue weighted by Crippen LogP contribution is 2.23. The number of thioether (sulfide) groups is 1. The monoisotopic (exact) mass is 305 g/mol. The van der Waals surface area contributed by atoms with E-state index in [4.69, 9.17) is 5.26 Å². The molecule has 7 heteroatoms. The molecular formula is C13H11N3O2S2. The molecule has 0 fully saturated rings. The van der Waals surface area contributed by atoms with Crippen molar-refractivity contribution < 1.29 is 9.52 Å². The molecule has 0 aliphatic carbocycles. The zero-order chi connectivity index (χ0) is 14.5. The zero-order valence-corrected chi connectivity index (χ0v) is 12.3. The molecule has 0 radical (unpaired) electrons. The van der Waals surface area contributed by atoms with Gasteiger partial charge < -0.3 is 5.21 Å². The number of carbonyl (C=O) groups is 1. The van der Waals surface area contributed by atoms with Crippen LogP contribution < -0.4 is 4.73 Å². The maximum atomic E-state index is 12.1. The first kappa shape index (κ1) is 14.5. The summed E-state index contributed by atoms with van der Waals surface area (Å²) in [4.78, 5) is 16.3. The Hall–Kier alpha value is -1.91. The molecule has 2 aromatic heterocycles. The SMILES string of the molecule is Cc1csc([C@H](C#N)C(=O)CSc2cccc[n+]2[O-])n1. The van der Waals surface area contributed by atoms with Gasteiger partial charge in [-0.3, -0.25) is 4.79 Å². The minimum atomic E-state index is -0.856. The molecule has 0 saturated heterocycles. The Morgan fingerprint density at radius 3 is 3.05 bits per heavy atom. The van der Waals surface area contributed by atoms with E-state index in [1.807, 2.05) is 18.4 Å². The van der Waals surface area contributed by atoms with Gasteiger partial charge in [0.15, 0.2) is 17.9 Å². The third-order valence-electron chi connectivity index (χ3n) is 2.49. The van der Waals surface area contributed by atoms with Crippen molar-refractivity contribution in [3.63, 3.8) is 0 Å². The Morgan fingerprint density at radius 2 is 2.45 bits per heavy atom. The van der Waals surface area contributed by atoms with Crippen molar-refractivity contribution in [2.24, 2.45) is 0 Å². The Kier molecular flexibility index (Phi) is 4.71. The van der Waals surface area contributed by atoms with Crippen LogP contribution in [0.4, 0.5) is 0 Å². The van der Waals surface area contributed by atoms with Crippen molar-refractivity contribution >= 4 is 28.9 Å². The quantitative estimate of drug-likeness (QED) is 0.480. The summed E-state index contributed by atoms with van der Waals surface area (Å²) in [5.74, 6) is -1.02. The van der Waals surface area contributed by atoms with Gasteiger partial charge in [-0.25, -0.2) is 4.98 Å². The van der Waals surface area contributed by atoms with Gasteiger partial charge in [-0.2, -0.15) is 9.99 Å². The van der Waals surface area contributed by atoms with Crippen LogP contribution in [0.5, 0.6) is 0 Å². The van der Waals surface area contributed by atoms with E-state index in [0.717, 1.165) is 17.5 Å². The summed E-state index contributed by atoms with van der Waals surface area (Å²) in [5.41, 5.74) is 0.797. The van der Waals surface area contributed by atoms with E-state index < -0.39 is 5.92 Å². The van der Waals surface area contributed by atoms with E-state index in [-0.39, 0.29) is 11.5 Å². The number of hydrogen-bond donors (Lipinski definition) is 0. The number of Topliss-reactive ketones (excluding diaryl/α,β-unsaturated/α-hetero) is 1. The Bertz CT molecular complexity index is 664. The van der Waals surface area contributed by atoms with Gasteiger partial charge in [-0.05, 0) is 24.8 Å². The van der Waals surface area contributed by atoms with Crippen LogP contribution in [-0.2, 0) is 4.79 Å². The molecule has 1 atom stereocenters. The topological polar surface area (TPSA) is 80.7 Å². The average molecular weight is 305 g/mol. The molecular weight excluding hydrogens is 294 g/mol. The highest BCUT2D eigenvalue weighted by atomic mass is 32.2. The van der Waals surface area contributed by atoms with Crippen LogP contribution in [0.2, 0.25) is 0 Å². The lowest BCUT2D eigenvalue weighted by atomic mass is 10.1. The van der Waals surface area contributed by atoms with Gasteiger partial charge in [0.2, 0.25) is 0 Å². The second-order valence-corrected chi connectivity index (χ2v) is 5.89. The minimum Gasteiger partial charge on any atom is -0.618 e. The second kappa shape index (κ2) is 6.50. The summed E-state index contributed by atoms with van der Waals surface area (Å²) in [6, 6.07) is 6.97. The van der Waals surface area contributed by atoms with Crippen LogP contribution in [0.15, 0.2) is 34.8 Å². The largest absolute Gasteiger partial charge is 0.618 e. The molecule has 0 unspecified atom stereocenters. The Balaban J connectivity index is 2.04. The molecule has 2 rings (SSSR count). The van der Waals surface area contributed by atoms with Crippen LogP contribution in [0, 0.1) is 23.5 Å². The number of hydrogen-bond acceptors (Lipinski definition) is 6. The number of rotatable bonds is 5. The second-order valence-electron chi connectivity index (χ2n) is 4.01. The summed E-state index contributed by atoms with van der Waals surface area (Å²) in [5, 5.41) is 23.3. The predicted octanol–water partition coefficient (Wildman–Crippen LogP) is 2.05. The van der Waals surface area contributed by atoms with Gasteiger partial charge in [0.1, 0.15) is 5.01 Å². The van der Waals surface area contributed by atoms with Gasteiger partial charge in [-0.1, -0.05) is 0 Å². The fourth-order valence-electron chi connectivity index (χ4n) is 1.52. The third kappa shape index (κ3) is 3.35. The van der Waals surface area contributed by atoms with E-state index in [9.17, 15) is 10.0 Å². The summed E-state index contributed by atoms with van der Waals surface area (Å²) >= 11 is 2.43. The van der Waals surface area contributed by atoms with Crippen LogP contribution >= 0.6 is 23.1 Å². The van der Waals surface area contributed by atoms with E-state index in [1.165, 1.54) is 17.5 Å². The number of nitrogens with zero attached hydrogens (tertiary/aromatic N) is 3. The van der Waals surface area contributed by atoms with Gasteiger partial charge in [0, 0.05) is 23.2 Å². The molecule has 2 heterocycles. The Morgan fingerprint density at radius 1 is 1.65 bits per heavy atom. The number of carbonyl (C=O) groups excluding carboxylic acids is 1. The van der Waals surface area contributed by atoms with Crippen LogP contribution in [0.1, 0.15) is 16.6 Å². The normalized spacial score (nSPS) is 11.8. The maximum absolute atomic E-state index is 12.1. The van der Waals surface area contributed by atoms with Crippen molar-refractivity contribution in [1.82, 2.24) is 4.98 Å². The number of aromatic nitrogens is 2. The molecule has 0 amide bonds. The lowest BCUT2D eigenvalue weighted by Gasteiger charge is -2.05. The average Bonchev–Trinajstić information content (AvgIpc) is 2.85. The number of thiazole rings is 1.